The summed E-state index contributed by atoms with van der Waals surface area (Å²) in [5, 5.41) is 3.51. The number of hydrogen-bond donors (Lipinski definition) is 2. The molecule has 0 atom stereocenters. The topological polar surface area (TPSA) is 76.8 Å². The predicted octanol–water partition coefficient (Wildman–Crippen LogP) is 1.56. The lowest BCUT2D eigenvalue weighted by Crippen LogP contribution is -2.29. The van der Waals surface area contributed by atoms with E-state index in [1.54, 1.807) is 14.2 Å². The number of nitrogens with two attached hydrogens (primary N) is 1. The average molecular weight is 313 g/mol. The second-order valence-corrected chi connectivity index (χ2v) is 6.20. The van der Waals surface area contributed by atoms with Crippen LogP contribution in [-0.4, -0.2) is 46.9 Å². The van der Waals surface area contributed by atoms with Gasteiger partial charge in [0, 0.05) is 33.9 Å². The van der Waals surface area contributed by atoms with Crippen molar-refractivity contribution >= 4 is 27.9 Å². The van der Waals surface area contributed by atoms with Crippen molar-refractivity contribution in [2.75, 3.05) is 51.6 Å². The van der Waals surface area contributed by atoms with Crippen LogP contribution in [0.2, 0.25) is 0 Å². The molecule has 2 rings (SSSR count). The summed E-state index contributed by atoms with van der Waals surface area (Å²) in [5.41, 5.74) is 6.45. The van der Waals surface area contributed by atoms with E-state index in [2.05, 4.69) is 10.2 Å². The second kappa shape index (κ2) is 7.00. The maximum atomic E-state index is 11.9. The lowest BCUT2D eigenvalue weighted by Gasteiger charge is -2.27. The first kappa shape index (κ1) is 15.9. The van der Waals surface area contributed by atoms with Crippen LogP contribution in [0.1, 0.15) is 22.5 Å². The van der Waals surface area contributed by atoms with Gasteiger partial charge >= 0.3 is 0 Å². The highest BCUT2D eigenvalue weighted by molar-refractivity contribution is 7.19. The lowest BCUT2D eigenvalue weighted by molar-refractivity contribution is 0.0685. The maximum absolute atomic E-state index is 11.9. The Hall–Kier alpha value is -1.47. The van der Waals surface area contributed by atoms with Crippen molar-refractivity contribution in [3.05, 3.63) is 4.88 Å². The first-order chi connectivity index (χ1) is 10.1. The second-order valence-electron chi connectivity index (χ2n) is 5.20. The molecule has 0 aromatic carbocycles. The monoisotopic (exact) mass is 313 g/mol. The molecule has 118 valence electrons. The zero-order valence-corrected chi connectivity index (χ0v) is 13.6. The number of ether oxygens (including phenoxy) is 2. The Balaban J connectivity index is 2.19. The third kappa shape index (κ3) is 3.41. The van der Waals surface area contributed by atoms with E-state index in [4.69, 9.17) is 15.2 Å². The predicted molar refractivity (Wildman–Crippen MR) is 85.5 cm³/mol. The minimum Gasteiger partial charge on any atom is -0.492 e. The summed E-state index contributed by atoms with van der Waals surface area (Å²) in [7, 11) is 5.19. The number of nitrogens with zero attached hydrogens (tertiary/aromatic N) is 1. The molecule has 6 nitrogen and oxygen atoms in total. The molecule has 1 aliphatic rings. The molecule has 0 unspecified atom stereocenters. The normalized spacial score (nSPS) is 15.8. The van der Waals surface area contributed by atoms with Crippen LogP contribution in [0, 0.1) is 5.92 Å². The van der Waals surface area contributed by atoms with Crippen LogP contribution in [-0.2, 0) is 4.74 Å². The van der Waals surface area contributed by atoms with Crippen molar-refractivity contribution < 1.29 is 14.3 Å². The number of anilines is 2. The molecular weight excluding hydrogens is 290 g/mol. The summed E-state index contributed by atoms with van der Waals surface area (Å²) in [6, 6.07) is 0. The van der Waals surface area contributed by atoms with E-state index < -0.39 is 0 Å². The number of nitrogen functional groups attached to an aromatic ring is 1. The van der Waals surface area contributed by atoms with Crippen molar-refractivity contribution in [1.82, 2.24) is 5.32 Å². The van der Waals surface area contributed by atoms with Crippen LogP contribution < -0.4 is 20.7 Å². The van der Waals surface area contributed by atoms with Gasteiger partial charge in [-0.25, -0.2) is 0 Å². The van der Waals surface area contributed by atoms with Gasteiger partial charge in [-0.3, -0.25) is 4.79 Å². The number of hydrogen-bond acceptors (Lipinski definition) is 6. The molecule has 0 spiro atoms. The zero-order chi connectivity index (χ0) is 15.4. The third-order valence-electron chi connectivity index (χ3n) is 3.74. The SMILES string of the molecule is CNC(=O)c1sc(N(C)CC2CCOCC2)c(OC)c1N. The van der Waals surface area contributed by atoms with Crippen molar-refractivity contribution in [2.45, 2.75) is 12.8 Å². The van der Waals surface area contributed by atoms with Gasteiger partial charge < -0.3 is 25.4 Å². The number of carbonyl (C=O) groups is 1. The average Bonchev–Trinajstić information content (AvgIpc) is 2.84. The molecule has 0 aliphatic carbocycles. The number of rotatable bonds is 5. The Morgan fingerprint density at radius 1 is 1.52 bits per heavy atom. The highest BCUT2D eigenvalue weighted by atomic mass is 32.1. The largest absolute Gasteiger partial charge is 0.492 e. The molecule has 1 saturated heterocycles. The van der Waals surface area contributed by atoms with Crippen LogP contribution in [0.15, 0.2) is 0 Å². The summed E-state index contributed by atoms with van der Waals surface area (Å²) in [6.07, 6.45) is 2.13. The highest BCUT2D eigenvalue weighted by Gasteiger charge is 2.25. The molecule has 3 N–H and O–H groups in total. The fourth-order valence-electron chi connectivity index (χ4n) is 2.55. The first-order valence-corrected chi connectivity index (χ1v) is 7.87. The van der Waals surface area contributed by atoms with Crippen LogP contribution in [0.25, 0.3) is 0 Å². The van der Waals surface area contributed by atoms with Crippen molar-refractivity contribution in [1.29, 1.82) is 0 Å². The smallest absolute Gasteiger partial charge is 0.263 e. The molecule has 2 heterocycles. The number of thiophene rings is 1. The summed E-state index contributed by atoms with van der Waals surface area (Å²) in [5.74, 6) is 1.01. The molecule has 1 aromatic rings. The van der Waals surface area contributed by atoms with Gasteiger partial charge in [-0.15, -0.1) is 11.3 Å². The van der Waals surface area contributed by atoms with E-state index in [-0.39, 0.29) is 5.91 Å². The highest BCUT2D eigenvalue weighted by Crippen LogP contribution is 2.44. The van der Waals surface area contributed by atoms with Crippen molar-refractivity contribution in [2.24, 2.45) is 5.92 Å². The van der Waals surface area contributed by atoms with Gasteiger partial charge in [-0.2, -0.15) is 0 Å². The van der Waals surface area contributed by atoms with E-state index in [1.165, 1.54) is 11.3 Å². The lowest BCUT2D eigenvalue weighted by atomic mass is 10.00. The molecule has 1 aliphatic heterocycles. The minimum absolute atomic E-state index is 0.179. The van der Waals surface area contributed by atoms with E-state index in [1.807, 2.05) is 7.05 Å². The molecule has 21 heavy (non-hydrogen) atoms. The summed E-state index contributed by atoms with van der Waals surface area (Å²) < 4.78 is 10.8. The van der Waals surface area contributed by atoms with Gasteiger partial charge in [0.05, 0.1) is 7.11 Å². The Labute approximate surface area is 129 Å². The van der Waals surface area contributed by atoms with Crippen LogP contribution in [0.3, 0.4) is 0 Å². The summed E-state index contributed by atoms with van der Waals surface area (Å²) in [6.45, 7) is 2.56. The molecule has 0 saturated carbocycles. The summed E-state index contributed by atoms with van der Waals surface area (Å²) >= 11 is 1.37. The number of carbonyl (C=O) groups excluding carboxylic acids is 1. The van der Waals surface area contributed by atoms with Crippen LogP contribution in [0.4, 0.5) is 10.7 Å². The van der Waals surface area contributed by atoms with E-state index in [0.29, 0.717) is 22.2 Å². The molecule has 1 aromatic heterocycles. The molecule has 1 amide bonds. The van der Waals surface area contributed by atoms with Crippen molar-refractivity contribution in [3.63, 3.8) is 0 Å². The maximum Gasteiger partial charge on any atom is 0.263 e. The number of methoxy groups -OCH3 is 1. The van der Waals surface area contributed by atoms with Crippen LogP contribution >= 0.6 is 11.3 Å². The fraction of sp³-hybridized carbons (Fsp3) is 0.643. The Bertz CT molecular complexity index is 498. The first-order valence-electron chi connectivity index (χ1n) is 7.05. The number of nitrogens with one attached hydrogen (secondary N) is 1. The Kier molecular flexibility index (Phi) is 5.30. The Morgan fingerprint density at radius 3 is 2.76 bits per heavy atom. The van der Waals surface area contributed by atoms with Crippen molar-refractivity contribution in [3.8, 4) is 5.75 Å². The van der Waals surface area contributed by atoms with E-state index >= 15 is 0 Å². The van der Waals surface area contributed by atoms with E-state index in [0.717, 1.165) is 37.6 Å². The fourth-order valence-corrected chi connectivity index (χ4v) is 3.65. The third-order valence-corrected chi connectivity index (χ3v) is 5.04. The number of amides is 1. The standard InChI is InChI=1S/C14H23N3O3S/c1-16-13(18)12-10(15)11(19-3)14(21-12)17(2)8-9-4-6-20-7-5-9/h9H,4-8,15H2,1-3H3,(H,16,18). The van der Waals surface area contributed by atoms with Gasteiger partial charge in [-0.05, 0) is 18.8 Å². The quantitative estimate of drug-likeness (QED) is 0.863. The minimum atomic E-state index is -0.179. The van der Waals surface area contributed by atoms with E-state index in [9.17, 15) is 4.79 Å². The summed E-state index contributed by atoms with van der Waals surface area (Å²) in [4.78, 5) is 14.5. The molecule has 0 radical (unpaired) electrons. The van der Waals surface area contributed by atoms with Gasteiger partial charge in [0.2, 0.25) is 0 Å². The molecule has 1 fully saturated rings. The van der Waals surface area contributed by atoms with Crippen LogP contribution in [0.5, 0.6) is 5.75 Å². The van der Waals surface area contributed by atoms with Gasteiger partial charge in [0.1, 0.15) is 15.6 Å². The molecule has 7 heteroatoms. The van der Waals surface area contributed by atoms with Gasteiger partial charge in [0.15, 0.2) is 5.75 Å². The van der Waals surface area contributed by atoms with Gasteiger partial charge in [-0.1, -0.05) is 0 Å². The Morgan fingerprint density at radius 2 is 2.19 bits per heavy atom. The zero-order valence-electron chi connectivity index (χ0n) is 12.8. The molecule has 0 bridgehead atoms. The molecular formula is C14H23N3O3S. The van der Waals surface area contributed by atoms with Gasteiger partial charge in [0.25, 0.3) is 5.91 Å².